The highest BCUT2D eigenvalue weighted by Gasteiger charge is 2.21. The summed E-state index contributed by atoms with van der Waals surface area (Å²) in [6.07, 6.45) is 0. The van der Waals surface area contributed by atoms with Gasteiger partial charge >= 0.3 is 0 Å². The van der Waals surface area contributed by atoms with Crippen molar-refractivity contribution in [2.24, 2.45) is 0 Å². The molecule has 114 valence electrons. The van der Waals surface area contributed by atoms with Crippen molar-refractivity contribution in [3.05, 3.63) is 29.6 Å². The minimum Gasteiger partial charge on any atom is -0.496 e. The van der Waals surface area contributed by atoms with Gasteiger partial charge < -0.3 is 14.2 Å². The minimum atomic E-state index is -3.69. The van der Waals surface area contributed by atoms with Crippen LogP contribution in [0.2, 0.25) is 0 Å². The summed E-state index contributed by atoms with van der Waals surface area (Å²) < 4.78 is 42.9. The Morgan fingerprint density at radius 2 is 1.67 bits per heavy atom. The molecule has 2 aromatic rings. The van der Waals surface area contributed by atoms with Gasteiger partial charge in [0.15, 0.2) is 0 Å². The molecule has 0 unspecified atom stereocenters. The maximum absolute atomic E-state index is 12.3. The molecule has 1 heterocycles. The fourth-order valence-electron chi connectivity index (χ4n) is 1.71. The van der Waals surface area contributed by atoms with Crippen LogP contribution in [0.3, 0.4) is 0 Å². The summed E-state index contributed by atoms with van der Waals surface area (Å²) in [7, 11) is 0.700. The molecule has 0 atom stereocenters. The monoisotopic (exact) mass is 329 g/mol. The number of hydrogen-bond donors (Lipinski definition) is 1. The van der Waals surface area contributed by atoms with E-state index in [1.54, 1.807) is 23.6 Å². The Morgan fingerprint density at radius 1 is 1.05 bits per heavy atom. The summed E-state index contributed by atoms with van der Waals surface area (Å²) in [6, 6.07) is 6.35. The van der Waals surface area contributed by atoms with Crippen molar-refractivity contribution >= 4 is 27.0 Å². The number of ether oxygens (including phenoxy) is 3. The van der Waals surface area contributed by atoms with Crippen LogP contribution >= 0.6 is 11.3 Å². The Labute approximate surface area is 127 Å². The van der Waals surface area contributed by atoms with Crippen molar-refractivity contribution in [3.8, 4) is 17.2 Å². The van der Waals surface area contributed by atoms with Crippen LogP contribution in [0.4, 0.5) is 5.69 Å². The highest BCUT2D eigenvalue weighted by atomic mass is 32.2. The first-order valence-electron chi connectivity index (χ1n) is 5.88. The van der Waals surface area contributed by atoms with E-state index in [4.69, 9.17) is 14.2 Å². The lowest BCUT2D eigenvalue weighted by molar-refractivity contribution is 0.378. The summed E-state index contributed by atoms with van der Waals surface area (Å²) in [4.78, 5) is 0. The van der Waals surface area contributed by atoms with Crippen LogP contribution in [0.5, 0.6) is 17.2 Å². The molecule has 8 heteroatoms. The van der Waals surface area contributed by atoms with Crippen molar-refractivity contribution in [1.29, 1.82) is 0 Å². The van der Waals surface area contributed by atoms with Crippen molar-refractivity contribution in [2.75, 3.05) is 26.1 Å². The zero-order chi connectivity index (χ0) is 15.5. The molecule has 0 aliphatic heterocycles. The second-order valence-corrected chi connectivity index (χ2v) is 6.80. The molecule has 0 fully saturated rings. The maximum Gasteiger partial charge on any atom is 0.271 e. The first kappa shape index (κ1) is 15.5. The average Bonchev–Trinajstić information content (AvgIpc) is 3.02. The third-order valence-electron chi connectivity index (χ3n) is 2.71. The van der Waals surface area contributed by atoms with E-state index in [0.717, 1.165) is 11.3 Å². The maximum atomic E-state index is 12.3. The van der Waals surface area contributed by atoms with Gasteiger partial charge in [-0.2, -0.15) is 0 Å². The zero-order valence-electron chi connectivity index (χ0n) is 11.7. The predicted octanol–water partition coefficient (Wildman–Crippen LogP) is 2.57. The highest BCUT2D eigenvalue weighted by Crippen LogP contribution is 2.40. The molecule has 0 radical (unpaired) electrons. The predicted molar refractivity (Wildman–Crippen MR) is 81.2 cm³/mol. The van der Waals surface area contributed by atoms with Crippen LogP contribution in [-0.4, -0.2) is 29.7 Å². The number of thiophene rings is 1. The lowest BCUT2D eigenvalue weighted by Crippen LogP contribution is -2.13. The van der Waals surface area contributed by atoms with Gasteiger partial charge in [-0.3, -0.25) is 4.72 Å². The third-order valence-corrected chi connectivity index (χ3v) is 5.46. The average molecular weight is 329 g/mol. The van der Waals surface area contributed by atoms with Gasteiger partial charge in [0.25, 0.3) is 10.0 Å². The van der Waals surface area contributed by atoms with Gasteiger partial charge in [0.2, 0.25) is 0 Å². The molecular formula is C13H15NO5S2. The van der Waals surface area contributed by atoms with E-state index in [0.29, 0.717) is 17.2 Å². The summed E-state index contributed by atoms with van der Waals surface area (Å²) in [6.45, 7) is 0. The van der Waals surface area contributed by atoms with E-state index in [-0.39, 0.29) is 9.90 Å². The number of benzene rings is 1. The number of nitrogens with one attached hydrogen (secondary N) is 1. The zero-order valence-corrected chi connectivity index (χ0v) is 13.4. The molecule has 1 N–H and O–H groups in total. The molecule has 0 aliphatic rings. The van der Waals surface area contributed by atoms with E-state index < -0.39 is 10.0 Å². The van der Waals surface area contributed by atoms with Gasteiger partial charge in [0, 0.05) is 12.1 Å². The lowest BCUT2D eigenvalue weighted by atomic mass is 10.2. The van der Waals surface area contributed by atoms with Crippen molar-refractivity contribution in [2.45, 2.75) is 4.21 Å². The van der Waals surface area contributed by atoms with Crippen LogP contribution in [0.25, 0.3) is 0 Å². The van der Waals surface area contributed by atoms with Crippen LogP contribution in [0.1, 0.15) is 0 Å². The SMILES string of the molecule is COc1cc(OC)c(NS(=O)(=O)c2cccs2)c(OC)c1. The van der Waals surface area contributed by atoms with E-state index >= 15 is 0 Å². The molecule has 0 spiro atoms. The Morgan fingerprint density at radius 3 is 2.10 bits per heavy atom. The standard InChI is InChI=1S/C13H15NO5S2/c1-17-9-7-10(18-2)13(11(8-9)19-3)14-21(15,16)12-5-4-6-20-12/h4-8,14H,1-3H3. The molecule has 0 bridgehead atoms. The fraction of sp³-hybridized carbons (Fsp3) is 0.231. The third kappa shape index (κ3) is 3.22. The number of anilines is 1. The van der Waals surface area contributed by atoms with E-state index in [9.17, 15) is 8.42 Å². The second-order valence-electron chi connectivity index (χ2n) is 3.94. The van der Waals surface area contributed by atoms with Crippen LogP contribution in [0, 0.1) is 0 Å². The highest BCUT2D eigenvalue weighted by molar-refractivity contribution is 7.94. The first-order valence-corrected chi connectivity index (χ1v) is 8.24. The summed E-state index contributed by atoms with van der Waals surface area (Å²) in [5.74, 6) is 1.13. The number of hydrogen-bond acceptors (Lipinski definition) is 6. The smallest absolute Gasteiger partial charge is 0.271 e. The van der Waals surface area contributed by atoms with Gasteiger partial charge in [-0.05, 0) is 11.4 Å². The minimum absolute atomic E-state index is 0.211. The van der Waals surface area contributed by atoms with E-state index in [1.165, 1.54) is 27.4 Å². The number of rotatable bonds is 6. The Kier molecular flexibility index (Phi) is 4.59. The van der Waals surface area contributed by atoms with Crippen LogP contribution in [-0.2, 0) is 10.0 Å². The molecule has 21 heavy (non-hydrogen) atoms. The Balaban J connectivity index is 2.48. The molecular weight excluding hydrogens is 314 g/mol. The summed E-state index contributed by atoms with van der Waals surface area (Å²) in [5, 5.41) is 1.69. The molecule has 2 rings (SSSR count). The molecule has 0 amide bonds. The summed E-state index contributed by atoms with van der Waals surface area (Å²) in [5.41, 5.74) is 0.231. The fourth-order valence-corrected chi connectivity index (χ4v) is 3.78. The normalized spacial score (nSPS) is 11.0. The largest absolute Gasteiger partial charge is 0.496 e. The first-order chi connectivity index (χ1) is 10.0. The van der Waals surface area contributed by atoms with E-state index in [1.807, 2.05) is 0 Å². The van der Waals surface area contributed by atoms with Crippen molar-refractivity contribution in [3.63, 3.8) is 0 Å². The van der Waals surface area contributed by atoms with Crippen LogP contribution < -0.4 is 18.9 Å². The van der Waals surface area contributed by atoms with Crippen molar-refractivity contribution in [1.82, 2.24) is 0 Å². The number of sulfonamides is 1. The summed E-state index contributed by atoms with van der Waals surface area (Å²) >= 11 is 1.13. The lowest BCUT2D eigenvalue weighted by Gasteiger charge is -2.16. The van der Waals surface area contributed by atoms with Gasteiger partial charge in [-0.15, -0.1) is 11.3 Å². The number of methoxy groups -OCH3 is 3. The molecule has 6 nitrogen and oxygen atoms in total. The topological polar surface area (TPSA) is 73.9 Å². The quantitative estimate of drug-likeness (QED) is 0.882. The van der Waals surface area contributed by atoms with Gasteiger partial charge in [0.05, 0.1) is 21.3 Å². The second kappa shape index (κ2) is 6.23. The van der Waals surface area contributed by atoms with Crippen LogP contribution in [0.15, 0.2) is 33.9 Å². The van der Waals surface area contributed by atoms with Gasteiger partial charge in [0.1, 0.15) is 27.1 Å². The van der Waals surface area contributed by atoms with Gasteiger partial charge in [-0.1, -0.05) is 6.07 Å². The van der Waals surface area contributed by atoms with E-state index in [2.05, 4.69) is 4.72 Å². The molecule has 1 aromatic heterocycles. The molecule has 0 aliphatic carbocycles. The molecule has 0 saturated carbocycles. The van der Waals surface area contributed by atoms with Crippen molar-refractivity contribution < 1.29 is 22.6 Å². The molecule has 0 saturated heterocycles. The Bertz CT molecular complexity index is 685. The molecule has 1 aromatic carbocycles. The van der Waals surface area contributed by atoms with Gasteiger partial charge in [-0.25, -0.2) is 8.42 Å². The Hall–Kier alpha value is -1.93.